The molecule has 0 aliphatic heterocycles. The second-order valence-electron chi connectivity index (χ2n) is 5.88. The van der Waals surface area contributed by atoms with E-state index in [4.69, 9.17) is 0 Å². The molecule has 1 rings (SSSR count). The van der Waals surface area contributed by atoms with Crippen molar-refractivity contribution >= 4 is 23.3 Å². The highest BCUT2D eigenvalue weighted by molar-refractivity contribution is 6.05. The normalized spacial score (nSPS) is 12.6. The van der Waals surface area contributed by atoms with E-state index in [1.54, 1.807) is 27.7 Å². The minimum absolute atomic E-state index is 0.129. The summed E-state index contributed by atoms with van der Waals surface area (Å²) in [5, 5.41) is 22.5. The van der Waals surface area contributed by atoms with E-state index in [-0.39, 0.29) is 11.4 Å². The number of nitrogens with one attached hydrogen (secondary N) is 1. The Labute approximate surface area is 122 Å². The van der Waals surface area contributed by atoms with Gasteiger partial charge in [0.15, 0.2) is 0 Å². The third-order valence-corrected chi connectivity index (χ3v) is 3.05. The van der Waals surface area contributed by atoms with E-state index in [0.717, 1.165) is 0 Å². The van der Waals surface area contributed by atoms with Gasteiger partial charge in [0.25, 0.3) is 5.69 Å². The molecule has 0 fully saturated rings. The van der Waals surface area contributed by atoms with E-state index in [1.165, 1.54) is 18.2 Å². The van der Waals surface area contributed by atoms with E-state index in [2.05, 4.69) is 5.32 Å². The summed E-state index contributed by atoms with van der Waals surface area (Å²) in [6.07, 6.45) is 0. The lowest BCUT2D eigenvalue weighted by Crippen LogP contribution is -2.39. The predicted octanol–water partition coefficient (Wildman–Crippen LogP) is 2.59. The van der Waals surface area contributed by atoms with E-state index in [9.17, 15) is 24.8 Å². The monoisotopic (exact) mass is 294 g/mol. The Morgan fingerprint density at radius 1 is 1.33 bits per heavy atom. The van der Waals surface area contributed by atoms with Crippen LogP contribution in [0.3, 0.4) is 0 Å². The highest BCUT2D eigenvalue weighted by atomic mass is 16.6. The Morgan fingerprint density at radius 2 is 1.90 bits per heavy atom. The van der Waals surface area contributed by atoms with Crippen molar-refractivity contribution in [1.29, 1.82) is 0 Å². The molecule has 0 aromatic heterocycles. The quantitative estimate of drug-likeness (QED) is 0.504. The van der Waals surface area contributed by atoms with Gasteiger partial charge < -0.3 is 10.4 Å². The van der Waals surface area contributed by atoms with Gasteiger partial charge in [-0.2, -0.15) is 0 Å². The molecule has 1 aromatic rings. The highest BCUT2D eigenvalue weighted by Gasteiger charge is 2.37. The number of carboxylic acids is 1. The van der Waals surface area contributed by atoms with Gasteiger partial charge in [-0.1, -0.05) is 26.8 Å². The van der Waals surface area contributed by atoms with E-state index in [1.807, 2.05) is 0 Å². The minimum atomic E-state index is -1.25. The summed E-state index contributed by atoms with van der Waals surface area (Å²) in [6, 6.07) is 4.22. The van der Waals surface area contributed by atoms with Gasteiger partial charge in [0.1, 0.15) is 5.92 Å². The van der Waals surface area contributed by atoms with Gasteiger partial charge in [-0.25, -0.2) is 0 Å². The number of hydrogen-bond donors (Lipinski definition) is 2. The molecule has 0 spiro atoms. The Kier molecular flexibility index (Phi) is 4.67. The number of nitro groups is 1. The van der Waals surface area contributed by atoms with Gasteiger partial charge >= 0.3 is 5.97 Å². The molecular formula is C14H18N2O5. The number of carboxylic acid groups (broad SMARTS) is 1. The van der Waals surface area contributed by atoms with Gasteiger partial charge in [-0.15, -0.1) is 0 Å². The molecular weight excluding hydrogens is 276 g/mol. The van der Waals surface area contributed by atoms with Crippen LogP contribution in [-0.2, 0) is 9.59 Å². The fourth-order valence-electron chi connectivity index (χ4n) is 1.97. The second kappa shape index (κ2) is 5.90. The zero-order chi connectivity index (χ0) is 16.4. The largest absolute Gasteiger partial charge is 0.481 e. The van der Waals surface area contributed by atoms with Crippen molar-refractivity contribution in [1.82, 2.24) is 0 Å². The van der Waals surface area contributed by atoms with Gasteiger partial charge in [0, 0.05) is 17.3 Å². The summed E-state index contributed by atoms with van der Waals surface area (Å²) < 4.78 is 0. The Bertz CT molecular complexity index is 590. The molecule has 0 aliphatic carbocycles. The van der Waals surface area contributed by atoms with Crippen molar-refractivity contribution < 1.29 is 19.6 Å². The molecule has 2 N–H and O–H groups in total. The molecule has 1 unspecified atom stereocenters. The lowest BCUT2D eigenvalue weighted by Gasteiger charge is -2.25. The average molecular weight is 294 g/mol. The molecule has 0 saturated carbocycles. The number of nitro benzene ring substituents is 1. The first-order valence-electron chi connectivity index (χ1n) is 6.32. The molecule has 0 radical (unpaired) electrons. The maximum absolute atomic E-state index is 12.1. The number of carbonyl (C=O) groups excluding carboxylic acids is 1. The zero-order valence-electron chi connectivity index (χ0n) is 12.3. The molecule has 1 aromatic carbocycles. The fraction of sp³-hybridized carbons (Fsp3) is 0.429. The first kappa shape index (κ1) is 16.6. The average Bonchev–Trinajstić information content (AvgIpc) is 2.28. The smallest absolute Gasteiger partial charge is 0.316 e. The van der Waals surface area contributed by atoms with Crippen LogP contribution in [0, 0.1) is 28.4 Å². The van der Waals surface area contributed by atoms with Crippen molar-refractivity contribution in [3.63, 3.8) is 0 Å². The highest BCUT2D eigenvalue weighted by Crippen LogP contribution is 2.28. The molecule has 0 saturated heterocycles. The molecule has 1 atom stereocenters. The predicted molar refractivity (Wildman–Crippen MR) is 77.0 cm³/mol. The van der Waals surface area contributed by atoms with Crippen molar-refractivity contribution in [2.45, 2.75) is 27.7 Å². The maximum Gasteiger partial charge on any atom is 0.316 e. The van der Waals surface area contributed by atoms with Crippen LogP contribution in [0.25, 0.3) is 0 Å². The van der Waals surface area contributed by atoms with Crippen LogP contribution < -0.4 is 5.32 Å². The first-order valence-corrected chi connectivity index (χ1v) is 6.32. The number of nitrogens with zero attached hydrogens (tertiary/aromatic N) is 1. The number of carbonyl (C=O) groups is 2. The van der Waals surface area contributed by atoms with Crippen LogP contribution >= 0.6 is 0 Å². The van der Waals surface area contributed by atoms with Crippen molar-refractivity contribution in [2.75, 3.05) is 5.32 Å². The van der Waals surface area contributed by atoms with Gasteiger partial charge in [0.2, 0.25) is 5.91 Å². The number of hydrogen-bond acceptors (Lipinski definition) is 4. The zero-order valence-corrected chi connectivity index (χ0v) is 12.3. The maximum atomic E-state index is 12.1. The number of rotatable bonds is 4. The van der Waals surface area contributed by atoms with Crippen LogP contribution in [-0.4, -0.2) is 21.9 Å². The molecule has 7 nitrogen and oxygen atoms in total. The molecule has 0 heterocycles. The lowest BCUT2D eigenvalue weighted by molar-refractivity contribution is -0.385. The van der Waals surface area contributed by atoms with Crippen LogP contribution in [0.4, 0.5) is 11.4 Å². The second-order valence-corrected chi connectivity index (χ2v) is 5.88. The summed E-state index contributed by atoms with van der Waals surface area (Å²) in [5.41, 5.74) is -0.237. The third-order valence-electron chi connectivity index (χ3n) is 3.05. The lowest BCUT2D eigenvalue weighted by atomic mass is 9.80. The molecule has 21 heavy (non-hydrogen) atoms. The number of anilines is 1. The number of amides is 1. The fourth-order valence-corrected chi connectivity index (χ4v) is 1.97. The topological polar surface area (TPSA) is 110 Å². The Balaban J connectivity index is 3.05. The van der Waals surface area contributed by atoms with Gasteiger partial charge in [-0.05, 0) is 18.4 Å². The molecule has 1 amide bonds. The SMILES string of the molecule is Cc1ccc(NC(=O)C(C(=O)O)C(C)(C)C)cc1[N+](=O)[O-]. The van der Waals surface area contributed by atoms with Crippen molar-refractivity contribution in [3.05, 3.63) is 33.9 Å². The third kappa shape index (κ3) is 4.01. The standard InChI is InChI=1S/C14H18N2O5/c1-8-5-6-9(7-10(8)16(20)21)15-12(17)11(13(18)19)14(2,3)4/h5-7,11H,1-4H3,(H,15,17)(H,18,19). The summed E-state index contributed by atoms with van der Waals surface area (Å²) >= 11 is 0. The van der Waals surface area contributed by atoms with Crippen LogP contribution in [0.15, 0.2) is 18.2 Å². The van der Waals surface area contributed by atoms with E-state index >= 15 is 0 Å². The molecule has 114 valence electrons. The number of aliphatic carboxylic acids is 1. The van der Waals surface area contributed by atoms with E-state index in [0.29, 0.717) is 5.56 Å². The van der Waals surface area contributed by atoms with Gasteiger partial charge in [-0.3, -0.25) is 19.7 Å². The Morgan fingerprint density at radius 3 is 2.33 bits per heavy atom. The minimum Gasteiger partial charge on any atom is -0.481 e. The Hall–Kier alpha value is -2.44. The summed E-state index contributed by atoms with van der Waals surface area (Å²) in [6.45, 7) is 6.51. The van der Waals surface area contributed by atoms with Crippen LogP contribution in [0.2, 0.25) is 0 Å². The van der Waals surface area contributed by atoms with Crippen LogP contribution in [0.1, 0.15) is 26.3 Å². The van der Waals surface area contributed by atoms with Gasteiger partial charge in [0.05, 0.1) is 4.92 Å². The summed E-state index contributed by atoms with van der Waals surface area (Å²) in [7, 11) is 0. The number of benzene rings is 1. The summed E-state index contributed by atoms with van der Waals surface area (Å²) in [5.74, 6) is -3.19. The molecule has 0 aliphatic rings. The van der Waals surface area contributed by atoms with Crippen molar-refractivity contribution in [3.8, 4) is 0 Å². The van der Waals surface area contributed by atoms with Crippen LogP contribution in [0.5, 0.6) is 0 Å². The molecule has 7 heteroatoms. The number of aryl methyl sites for hydroxylation is 1. The summed E-state index contributed by atoms with van der Waals surface area (Å²) in [4.78, 5) is 33.7. The van der Waals surface area contributed by atoms with Crippen molar-refractivity contribution in [2.24, 2.45) is 11.3 Å². The molecule has 0 bridgehead atoms. The van der Waals surface area contributed by atoms with E-state index < -0.39 is 28.1 Å². The first-order chi connectivity index (χ1) is 9.54.